The molecule has 0 aliphatic heterocycles. The number of aliphatic hydroxyl groups is 1. The van der Waals surface area contributed by atoms with E-state index in [0.29, 0.717) is 0 Å². The lowest BCUT2D eigenvalue weighted by Gasteiger charge is -2.15. The molecular weight excluding hydrogens is 190 g/mol. The maximum absolute atomic E-state index is 9.10. The molecule has 0 radical (unpaired) electrons. The highest BCUT2D eigenvalue weighted by atomic mass is 16.5. The lowest BCUT2D eigenvalue weighted by atomic mass is 10.1. The van der Waals surface area contributed by atoms with Crippen LogP contribution in [0.15, 0.2) is 24.3 Å². The lowest BCUT2D eigenvalue weighted by Crippen LogP contribution is -2.19. The van der Waals surface area contributed by atoms with Crippen molar-refractivity contribution in [3.63, 3.8) is 0 Å². The molecule has 2 N–H and O–H groups in total. The van der Waals surface area contributed by atoms with E-state index in [1.165, 1.54) is 0 Å². The third-order valence-corrected chi connectivity index (χ3v) is 2.19. The maximum atomic E-state index is 9.10. The van der Waals surface area contributed by atoms with E-state index in [1.807, 2.05) is 45.2 Å². The standard InChI is InChI=1S/C12H19NO2/c1-9(2)15-11-6-4-10(5-7-11)12(8-14)13-3/h4-7,9,12-14H,8H2,1-3H3. The Kier molecular flexibility index (Phi) is 4.59. The summed E-state index contributed by atoms with van der Waals surface area (Å²) in [6, 6.07) is 7.78. The zero-order valence-corrected chi connectivity index (χ0v) is 9.53. The fraction of sp³-hybridized carbons (Fsp3) is 0.500. The number of benzene rings is 1. The quantitative estimate of drug-likeness (QED) is 0.776. The van der Waals surface area contributed by atoms with E-state index < -0.39 is 0 Å². The van der Waals surface area contributed by atoms with Gasteiger partial charge in [-0.2, -0.15) is 0 Å². The Morgan fingerprint density at radius 1 is 1.27 bits per heavy atom. The minimum absolute atomic E-state index is 0.00176. The van der Waals surface area contributed by atoms with Crippen molar-refractivity contribution >= 4 is 0 Å². The van der Waals surface area contributed by atoms with Gasteiger partial charge in [0.15, 0.2) is 0 Å². The largest absolute Gasteiger partial charge is 0.491 e. The highest BCUT2D eigenvalue weighted by molar-refractivity contribution is 5.29. The van der Waals surface area contributed by atoms with Gasteiger partial charge in [-0.05, 0) is 38.6 Å². The molecule has 1 aromatic rings. The first-order chi connectivity index (χ1) is 7.17. The second-order valence-electron chi connectivity index (χ2n) is 3.76. The lowest BCUT2D eigenvalue weighted by molar-refractivity contribution is 0.241. The molecule has 0 aliphatic rings. The Balaban J connectivity index is 2.71. The molecule has 1 aromatic carbocycles. The molecule has 0 amide bonds. The van der Waals surface area contributed by atoms with E-state index in [1.54, 1.807) is 0 Å². The topological polar surface area (TPSA) is 41.5 Å². The number of hydrogen-bond acceptors (Lipinski definition) is 3. The average molecular weight is 209 g/mol. The van der Waals surface area contributed by atoms with E-state index in [9.17, 15) is 0 Å². The smallest absolute Gasteiger partial charge is 0.119 e. The highest BCUT2D eigenvalue weighted by Gasteiger charge is 2.07. The van der Waals surface area contributed by atoms with Crippen LogP contribution in [0, 0.1) is 0 Å². The maximum Gasteiger partial charge on any atom is 0.119 e. The molecule has 0 fully saturated rings. The molecule has 0 saturated heterocycles. The van der Waals surface area contributed by atoms with Crippen LogP contribution in [0.25, 0.3) is 0 Å². The van der Waals surface area contributed by atoms with Crippen LogP contribution in [0.4, 0.5) is 0 Å². The van der Waals surface area contributed by atoms with Gasteiger partial charge in [0.2, 0.25) is 0 Å². The number of likely N-dealkylation sites (N-methyl/N-ethyl adjacent to an activating group) is 1. The van der Waals surface area contributed by atoms with Crippen LogP contribution in [0.3, 0.4) is 0 Å². The molecule has 0 bridgehead atoms. The Bertz CT molecular complexity index is 278. The van der Waals surface area contributed by atoms with Gasteiger partial charge in [-0.3, -0.25) is 0 Å². The summed E-state index contributed by atoms with van der Waals surface area (Å²) < 4.78 is 5.53. The number of hydrogen-bond donors (Lipinski definition) is 2. The zero-order chi connectivity index (χ0) is 11.3. The first kappa shape index (κ1) is 12.0. The minimum atomic E-state index is -0.00176. The molecule has 1 unspecified atom stereocenters. The van der Waals surface area contributed by atoms with Gasteiger partial charge in [-0.15, -0.1) is 0 Å². The molecule has 0 aromatic heterocycles. The van der Waals surface area contributed by atoms with Crippen LogP contribution in [0.1, 0.15) is 25.5 Å². The van der Waals surface area contributed by atoms with Crippen LogP contribution >= 0.6 is 0 Å². The average Bonchev–Trinajstić information content (AvgIpc) is 2.21. The fourth-order valence-corrected chi connectivity index (χ4v) is 1.41. The van der Waals surface area contributed by atoms with Gasteiger partial charge in [-0.25, -0.2) is 0 Å². The van der Waals surface area contributed by atoms with E-state index in [0.717, 1.165) is 11.3 Å². The zero-order valence-electron chi connectivity index (χ0n) is 9.53. The van der Waals surface area contributed by atoms with Crippen molar-refractivity contribution in [3.05, 3.63) is 29.8 Å². The van der Waals surface area contributed by atoms with Crippen LogP contribution in [-0.2, 0) is 0 Å². The molecule has 0 spiro atoms. The number of aliphatic hydroxyl groups excluding tert-OH is 1. The number of nitrogens with one attached hydrogen (secondary N) is 1. The van der Waals surface area contributed by atoms with E-state index in [4.69, 9.17) is 9.84 Å². The molecule has 0 heterocycles. The first-order valence-corrected chi connectivity index (χ1v) is 5.22. The number of ether oxygens (including phenoxy) is 1. The molecule has 0 saturated carbocycles. The molecule has 84 valence electrons. The van der Waals surface area contributed by atoms with Crippen molar-refractivity contribution in [3.8, 4) is 5.75 Å². The van der Waals surface area contributed by atoms with Gasteiger partial charge >= 0.3 is 0 Å². The summed E-state index contributed by atoms with van der Waals surface area (Å²) >= 11 is 0. The summed E-state index contributed by atoms with van der Waals surface area (Å²) in [4.78, 5) is 0. The third kappa shape index (κ3) is 3.53. The van der Waals surface area contributed by atoms with Crippen LogP contribution < -0.4 is 10.1 Å². The Hall–Kier alpha value is -1.06. The summed E-state index contributed by atoms with van der Waals surface area (Å²) in [6.45, 7) is 4.09. The molecule has 3 nitrogen and oxygen atoms in total. The summed E-state index contributed by atoms with van der Waals surface area (Å²) in [7, 11) is 1.83. The predicted molar refractivity (Wildman–Crippen MR) is 61.1 cm³/mol. The van der Waals surface area contributed by atoms with Crippen LogP contribution in [-0.4, -0.2) is 24.9 Å². The van der Waals surface area contributed by atoms with E-state index in [2.05, 4.69) is 5.32 Å². The van der Waals surface area contributed by atoms with Crippen LogP contribution in [0.2, 0.25) is 0 Å². The Morgan fingerprint density at radius 3 is 2.27 bits per heavy atom. The Morgan fingerprint density at radius 2 is 1.87 bits per heavy atom. The second kappa shape index (κ2) is 5.73. The summed E-state index contributed by atoms with van der Waals surface area (Å²) in [6.07, 6.45) is 0.189. The van der Waals surface area contributed by atoms with Gasteiger partial charge in [0.25, 0.3) is 0 Å². The van der Waals surface area contributed by atoms with Gasteiger partial charge in [0, 0.05) is 0 Å². The van der Waals surface area contributed by atoms with Crippen LogP contribution in [0.5, 0.6) is 5.75 Å². The first-order valence-electron chi connectivity index (χ1n) is 5.22. The van der Waals surface area contributed by atoms with Gasteiger partial charge < -0.3 is 15.2 Å². The normalized spacial score (nSPS) is 12.9. The predicted octanol–water partition coefficient (Wildman–Crippen LogP) is 1.73. The minimum Gasteiger partial charge on any atom is -0.491 e. The second-order valence-corrected chi connectivity index (χ2v) is 3.76. The molecule has 1 atom stereocenters. The molecule has 1 rings (SSSR count). The Labute approximate surface area is 91.1 Å². The molecular formula is C12H19NO2. The number of rotatable bonds is 5. The summed E-state index contributed by atoms with van der Waals surface area (Å²) in [5.74, 6) is 0.863. The molecule has 15 heavy (non-hydrogen) atoms. The SMILES string of the molecule is CNC(CO)c1ccc(OC(C)C)cc1. The van der Waals surface area contributed by atoms with Crippen molar-refractivity contribution < 1.29 is 9.84 Å². The van der Waals surface area contributed by atoms with Crippen molar-refractivity contribution in [2.45, 2.75) is 26.0 Å². The molecule has 3 heteroatoms. The van der Waals surface area contributed by atoms with Gasteiger partial charge in [0.1, 0.15) is 5.75 Å². The van der Waals surface area contributed by atoms with Crippen molar-refractivity contribution in [1.82, 2.24) is 5.32 Å². The van der Waals surface area contributed by atoms with Gasteiger partial charge in [0.05, 0.1) is 18.8 Å². The summed E-state index contributed by atoms with van der Waals surface area (Å²) in [5.41, 5.74) is 1.07. The van der Waals surface area contributed by atoms with E-state index >= 15 is 0 Å². The summed E-state index contributed by atoms with van der Waals surface area (Å²) in [5, 5.41) is 12.1. The van der Waals surface area contributed by atoms with Crippen molar-refractivity contribution in [2.75, 3.05) is 13.7 Å². The fourth-order valence-electron chi connectivity index (χ4n) is 1.41. The van der Waals surface area contributed by atoms with Gasteiger partial charge in [-0.1, -0.05) is 12.1 Å². The monoisotopic (exact) mass is 209 g/mol. The highest BCUT2D eigenvalue weighted by Crippen LogP contribution is 2.18. The van der Waals surface area contributed by atoms with E-state index in [-0.39, 0.29) is 18.8 Å². The van der Waals surface area contributed by atoms with Crippen molar-refractivity contribution in [1.29, 1.82) is 0 Å². The molecule has 0 aliphatic carbocycles. The van der Waals surface area contributed by atoms with Crippen molar-refractivity contribution in [2.24, 2.45) is 0 Å². The third-order valence-electron chi connectivity index (χ3n) is 2.19.